The van der Waals surface area contributed by atoms with Crippen LogP contribution in [-0.2, 0) is 33.3 Å². The fourth-order valence-electron chi connectivity index (χ4n) is 2.08. The van der Waals surface area contributed by atoms with Gasteiger partial charge in [-0.15, -0.1) is 0 Å². The van der Waals surface area contributed by atoms with Crippen molar-refractivity contribution in [3.05, 3.63) is 10.4 Å². The highest BCUT2D eigenvalue weighted by Crippen LogP contribution is 2.28. The Morgan fingerprint density at radius 1 is 1.13 bits per heavy atom. The Balaban J connectivity index is 3.11. The first-order valence-electron chi connectivity index (χ1n) is 6.61. The standard InChI is InChI=1S/C12H17N3O8/c1-5(16)20-4-8-10(21-6(2)17)11(22-7(3)18)9(14-15-13)12(19)23-8/h8-12,19H,4H2,1-3H3. The van der Waals surface area contributed by atoms with Crippen LogP contribution in [0.4, 0.5) is 0 Å². The Kier molecular flexibility index (Phi) is 6.76. The first-order valence-corrected chi connectivity index (χ1v) is 6.61. The molecule has 0 aromatic heterocycles. The van der Waals surface area contributed by atoms with Crippen LogP contribution in [0.2, 0.25) is 0 Å². The van der Waals surface area contributed by atoms with Crippen LogP contribution >= 0.6 is 0 Å². The van der Waals surface area contributed by atoms with E-state index in [0.717, 1.165) is 20.8 Å². The number of aliphatic hydroxyl groups is 1. The number of aliphatic hydroxyl groups excluding tert-OH is 1. The van der Waals surface area contributed by atoms with Gasteiger partial charge in [-0.25, -0.2) is 0 Å². The van der Waals surface area contributed by atoms with Gasteiger partial charge in [-0.2, -0.15) is 0 Å². The van der Waals surface area contributed by atoms with E-state index in [9.17, 15) is 19.5 Å². The van der Waals surface area contributed by atoms with E-state index in [1.54, 1.807) is 0 Å². The quantitative estimate of drug-likeness (QED) is 0.239. The lowest BCUT2D eigenvalue weighted by atomic mass is 9.97. The highest BCUT2D eigenvalue weighted by molar-refractivity contribution is 5.67. The molecule has 5 atom stereocenters. The van der Waals surface area contributed by atoms with Crippen molar-refractivity contribution in [3.8, 4) is 0 Å². The number of hydrogen-bond donors (Lipinski definition) is 1. The smallest absolute Gasteiger partial charge is 0.303 e. The van der Waals surface area contributed by atoms with Gasteiger partial charge in [-0.05, 0) is 5.53 Å². The Bertz CT molecular complexity index is 518. The normalized spacial score (nSPS) is 29.8. The molecule has 1 N–H and O–H groups in total. The molecule has 23 heavy (non-hydrogen) atoms. The van der Waals surface area contributed by atoms with Crippen molar-refractivity contribution >= 4 is 17.9 Å². The van der Waals surface area contributed by atoms with E-state index in [1.165, 1.54) is 0 Å². The van der Waals surface area contributed by atoms with E-state index in [2.05, 4.69) is 10.0 Å². The van der Waals surface area contributed by atoms with Gasteiger partial charge >= 0.3 is 17.9 Å². The lowest BCUT2D eigenvalue weighted by Gasteiger charge is -2.41. The largest absolute Gasteiger partial charge is 0.463 e. The zero-order valence-corrected chi connectivity index (χ0v) is 12.7. The zero-order chi connectivity index (χ0) is 17.6. The van der Waals surface area contributed by atoms with Gasteiger partial charge in [0.05, 0.1) is 0 Å². The molecule has 0 aliphatic carbocycles. The Hall–Kier alpha value is -2.36. The van der Waals surface area contributed by atoms with Crippen LogP contribution in [0.25, 0.3) is 10.4 Å². The average Bonchev–Trinajstić information content (AvgIpc) is 2.42. The predicted octanol–water partition coefficient (Wildman–Crippen LogP) is -0.191. The second-order valence-electron chi connectivity index (χ2n) is 4.71. The maximum Gasteiger partial charge on any atom is 0.303 e. The van der Waals surface area contributed by atoms with Crippen LogP contribution in [0, 0.1) is 0 Å². The summed E-state index contributed by atoms with van der Waals surface area (Å²) in [6, 6.07) is -1.33. The lowest BCUT2D eigenvalue weighted by molar-refractivity contribution is -0.260. The summed E-state index contributed by atoms with van der Waals surface area (Å²) in [5, 5.41) is 13.2. The van der Waals surface area contributed by atoms with Gasteiger partial charge in [-0.1, -0.05) is 5.11 Å². The number of carbonyl (C=O) groups excluding carboxylic acids is 3. The first kappa shape index (κ1) is 18.7. The number of azide groups is 1. The molecule has 11 heteroatoms. The molecule has 11 nitrogen and oxygen atoms in total. The topological polar surface area (TPSA) is 157 Å². The molecule has 0 saturated carbocycles. The maximum absolute atomic E-state index is 11.3. The molecule has 0 radical (unpaired) electrons. The number of nitrogens with zero attached hydrogens (tertiary/aromatic N) is 3. The summed E-state index contributed by atoms with van der Waals surface area (Å²) in [5.74, 6) is -2.09. The molecule has 1 aliphatic heterocycles. The fraction of sp³-hybridized carbons (Fsp3) is 0.750. The van der Waals surface area contributed by atoms with Crippen LogP contribution in [-0.4, -0.2) is 60.3 Å². The lowest BCUT2D eigenvalue weighted by Crippen LogP contribution is -2.60. The van der Waals surface area contributed by atoms with E-state index < -0.39 is 48.6 Å². The number of rotatable bonds is 5. The highest BCUT2D eigenvalue weighted by Gasteiger charge is 2.49. The molecule has 1 heterocycles. The summed E-state index contributed by atoms with van der Waals surface area (Å²) in [6.45, 7) is 3.01. The van der Waals surface area contributed by atoms with Crippen molar-refractivity contribution in [1.29, 1.82) is 0 Å². The summed E-state index contributed by atoms with van der Waals surface area (Å²) in [4.78, 5) is 36.0. The van der Waals surface area contributed by atoms with Crippen molar-refractivity contribution in [3.63, 3.8) is 0 Å². The van der Waals surface area contributed by atoms with Gasteiger partial charge in [0, 0.05) is 25.7 Å². The Morgan fingerprint density at radius 3 is 2.17 bits per heavy atom. The van der Waals surface area contributed by atoms with E-state index in [-0.39, 0.29) is 6.61 Å². The van der Waals surface area contributed by atoms with Crippen molar-refractivity contribution in [1.82, 2.24) is 0 Å². The van der Waals surface area contributed by atoms with Crippen LogP contribution in [0.15, 0.2) is 5.11 Å². The molecule has 5 unspecified atom stereocenters. The van der Waals surface area contributed by atoms with Crippen molar-refractivity contribution in [2.24, 2.45) is 5.11 Å². The summed E-state index contributed by atoms with van der Waals surface area (Å²) in [5.41, 5.74) is 8.57. The van der Waals surface area contributed by atoms with Crippen LogP contribution in [0.1, 0.15) is 20.8 Å². The summed E-state index contributed by atoms with van der Waals surface area (Å²) < 4.78 is 20.0. The summed E-state index contributed by atoms with van der Waals surface area (Å²) in [6.07, 6.45) is -5.26. The monoisotopic (exact) mass is 331 g/mol. The minimum absolute atomic E-state index is 0.356. The third-order valence-corrected chi connectivity index (χ3v) is 2.87. The summed E-state index contributed by atoms with van der Waals surface area (Å²) in [7, 11) is 0. The molecule has 1 rings (SSSR count). The van der Waals surface area contributed by atoms with Gasteiger partial charge < -0.3 is 24.1 Å². The van der Waals surface area contributed by atoms with Crippen LogP contribution in [0.3, 0.4) is 0 Å². The molecule has 0 aromatic carbocycles. The number of esters is 3. The van der Waals surface area contributed by atoms with E-state index in [0.29, 0.717) is 0 Å². The van der Waals surface area contributed by atoms with Crippen molar-refractivity contribution in [2.45, 2.75) is 51.4 Å². The molecular formula is C12H17N3O8. The molecule has 0 aromatic rings. The molecular weight excluding hydrogens is 314 g/mol. The minimum Gasteiger partial charge on any atom is -0.463 e. The van der Waals surface area contributed by atoms with Crippen LogP contribution in [0.5, 0.6) is 0 Å². The van der Waals surface area contributed by atoms with Gasteiger partial charge in [0.15, 0.2) is 18.5 Å². The predicted molar refractivity (Wildman–Crippen MR) is 71.6 cm³/mol. The summed E-state index contributed by atoms with van der Waals surface area (Å²) >= 11 is 0. The van der Waals surface area contributed by atoms with E-state index >= 15 is 0 Å². The van der Waals surface area contributed by atoms with Crippen molar-refractivity contribution in [2.75, 3.05) is 6.61 Å². The third-order valence-electron chi connectivity index (χ3n) is 2.87. The molecule has 0 spiro atoms. The van der Waals surface area contributed by atoms with Crippen LogP contribution < -0.4 is 0 Å². The molecule has 128 valence electrons. The SMILES string of the molecule is CC(=O)OCC1OC(O)C(N=[N+]=[N-])C(OC(C)=O)C1OC(C)=O. The number of ether oxygens (including phenoxy) is 4. The Labute approximate surface area is 131 Å². The number of carbonyl (C=O) groups is 3. The third kappa shape index (κ3) is 5.40. The highest BCUT2D eigenvalue weighted by atomic mass is 16.7. The fourth-order valence-corrected chi connectivity index (χ4v) is 2.08. The molecule has 1 fully saturated rings. The van der Waals surface area contributed by atoms with Crippen molar-refractivity contribution < 1.29 is 38.4 Å². The maximum atomic E-state index is 11.3. The minimum atomic E-state index is -1.64. The van der Waals surface area contributed by atoms with Gasteiger partial charge in [0.25, 0.3) is 0 Å². The molecule has 1 aliphatic rings. The molecule has 0 amide bonds. The van der Waals surface area contributed by atoms with Gasteiger partial charge in [0.1, 0.15) is 18.8 Å². The average molecular weight is 331 g/mol. The Morgan fingerprint density at radius 2 is 1.70 bits per heavy atom. The number of hydrogen-bond acceptors (Lipinski definition) is 9. The van der Waals surface area contributed by atoms with Gasteiger partial charge in [-0.3, -0.25) is 14.4 Å². The second kappa shape index (κ2) is 8.32. The molecule has 1 saturated heterocycles. The first-order chi connectivity index (χ1) is 10.8. The second-order valence-corrected chi connectivity index (χ2v) is 4.71. The van der Waals surface area contributed by atoms with E-state index in [1.807, 2.05) is 0 Å². The van der Waals surface area contributed by atoms with E-state index in [4.69, 9.17) is 24.5 Å². The zero-order valence-electron chi connectivity index (χ0n) is 12.7. The molecule has 0 bridgehead atoms. The van der Waals surface area contributed by atoms with Gasteiger partial charge in [0.2, 0.25) is 0 Å².